The molecule has 0 saturated heterocycles. The summed E-state index contributed by atoms with van der Waals surface area (Å²) in [6.45, 7) is 2.62. The Kier molecular flexibility index (Phi) is 5.27. The molecule has 5 nitrogen and oxygen atoms in total. The molecule has 0 spiro atoms. The number of hydrogen-bond donors (Lipinski definition) is 0. The minimum absolute atomic E-state index is 0.138. The molecule has 0 bridgehead atoms. The van der Waals surface area contributed by atoms with Gasteiger partial charge in [-0.05, 0) is 29.5 Å². The summed E-state index contributed by atoms with van der Waals surface area (Å²) in [5.41, 5.74) is 0.0799. The second-order valence-electron chi connectivity index (χ2n) is 3.50. The molecule has 18 heavy (non-hydrogen) atoms. The van der Waals surface area contributed by atoms with Crippen LogP contribution >= 0.6 is 22.6 Å². The SMILES string of the molecule is CCN(CCC#N)c1cc(F)c(I)cc1[N+](=O)[O-]. The molecule has 0 saturated carbocycles. The molecule has 96 valence electrons. The van der Waals surface area contributed by atoms with Gasteiger partial charge in [-0.25, -0.2) is 4.39 Å². The van der Waals surface area contributed by atoms with E-state index in [1.807, 2.05) is 6.07 Å². The first-order valence-electron chi connectivity index (χ1n) is 5.26. The molecule has 0 radical (unpaired) electrons. The van der Waals surface area contributed by atoms with Crippen LogP contribution in [-0.4, -0.2) is 18.0 Å². The number of nitro groups is 1. The number of benzene rings is 1. The number of rotatable bonds is 5. The predicted molar refractivity (Wildman–Crippen MR) is 73.9 cm³/mol. The van der Waals surface area contributed by atoms with Gasteiger partial charge in [-0.15, -0.1) is 0 Å². The van der Waals surface area contributed by atoms with Crippen LogP contribution in [0.2, 0.25) is 0 Å². The predicted octanol–water partition coefficient (Wildman–Crippen LogP) is 3.08. The Morgan fingerprint density at radius 2 is 2.28 bits per heavy atom. The molecule has 7 heteroatoms. The lowest BCUT2D eigenvalue weighted by molar-refractivity contribution is -0.384. The highest BCUT2D eigenvalue weighted by molar-refractivity contribution is 14.1. The van der Waals surface area contributed by atoms with Crippen LogP contribution in [0.15, 0.2) is 12.1 Å². The van der Waals surface area contributed by atoms with E-state index in [9.17, 15) is 14.5 Å². The highest BCUT2D eigenvalue weighted by atomic mass is 127. The summed E-state index contributed by atoms with van der Waals surface area (Å²) in [4.78, 5) is 12.1. The van der Waals surface area contributed by atoms with Crippen molar-refractivity contribution in [3.63, 3.8) is 0 Å². The monoisotopic (exact) mass is 363 g/mol. The van der Waals surface area contributed by atoms with Gasteiger partial charge in [0.15, 0.2) is 0 Å². The Hall–Kier alpha value is -1.43. The lowest BCUT2D eigenvalue weighted by Crippen LogP contribution is -2.24. The zero-order valence-electron chi connectivity index (χ0n) is 9.69. The van der Waals surface area contributed by atoms with E-state index >= 15 is 0 Å². The van der Waals surface area contributed by atoms with Gasteiger partial charge in [0, 0.05) is 25.2 Å². The van der Waals surface area contributed by atoms with E-state index in [4.69, 9.17) is 5.26 Å². The van der Waals surface area contributed by atoms with Crippen LogP contribution in [0.25, 0.3) is 0 Å². The fraction of sp³-hybridized carbons (Fsp3) is 0.364. The quantitative estimate of drug-likeness (QED) is 0.458. The summed E-state index contributed by atoms with van der Waals surface area (Å²) in [5.74, 6) is -0.494. The molecule has 0 amide bonds. The second-order valence-corrected chi connectivity index (χ2v) is 4.66. The Balaban J connectivity index is 3.23. The maximum absolute atomic E-state index is 13.5. The van der Waals surface area contributed by atoms with E-state index in [1.165, 1.54) is 6.07 Å². The first-order chi connectivity index (χ1) is 8.51. The molecule has 1 rings (SSSR count). The molecule has 0 unspecified atom stereocenters. The molecule has 0 aliphatic carbocycles. The Labute approximate surface area is 117 Å². The highest BCUT2D eigenvalue weighted by Gasteiger charge is 2.21. The van der Waals surface area contributed by atoms with E-state index in [-0.39, 0.29) is 21.4 Å². The number of nitro benzene ring substituents is 1. The van der Waals surface area contributed by atoms with Crippen LogP contribution in [0.5, 0.6) is 0 Å². The summed E-state index contributed by atoms with van der Waals surface area (Å²) in [5, 5.41) is 19.5. The maximum atomic E-state index is 13.5. The van der Waals surface area contributed by atoms with Gasteiger partial charge in [-0.3, -0.25) is 10.1 Å². The van der Waals surface area contributed by atoms with Crippen LogP contribution in [0.4, 0.5) is 15.8 Å². The van der Waals surface area contributed by atoms with E-state index in [2.05, 4.69) is 0 Å². The molecule has 0 N–H and O–H groups in total. The number of hydrogen-bond acceptors (Lipinski definition) is 4. The average molecular weight is 363 g/mol. The smallest absolute Gasteiger partial charge is 0.293 e. The minimum atomic E-state index is -0.536. The van der Waals surface area contributed by atoms with Crippen LogP contribution < -0.4 is 4.90 Å². The summed E-state index contributed by atoms with van der Waals surface area (Å²) < 4.78 is 13.7. The third-order valence-electron chi connectivity index (χ3n) is 2.43. The second kappa shape index (κ2) is 6.49. The molecule has 0 aliphatic rings. The molecule has 0 heterocycles. The van der Waals surface area contributed by atoms with Crippen LogP contribution in [0.1, 0.15) is 13.3 Å². The lowest BCUT2D eigenvalue weighted by Gasteiger charge is -2.21. The first kappa shape index (κ1) is 14.6. The van der Waals surface area contributed by atoms with Crippen molar-refractivity contribution in [3.05, 3.63) is 31.6 Å². The molecule has 0 aromatic heterocycles. The molecular formula is C11H11FIN3O2. The van der Waals surface area contributed by atoms with Crippen molar-refractivity contribution in [1.29, 1.82) is 5.26 Å². The van der Waals surface area contributed by atoms with Gasteiger partial charge < -0.3 is 4.90 Å². The lowest BCUT2D eigenvalue weighted by atomic mass is 10.2. The van der Waals surface area contributed by atoms with E-state index in [1.54, 1.807) is 34.4 Å². The minimum Gasteiger partial charge on any atom is -0.365 e. The van der Waals surface area contributed by atoms with Crippen molar-refractivity contribution < 1.29 is 9.31 Å². The van der Waals surface area contributed by atoms with Crippen molar-refractivity contribution in [2.24, 2.45) is 0 Å². The zero-order chi connectivity index (χ0) is 13.7. The van der Waals surface area contributed by atoms with Crippen molar-refractivity contribution in [2.75, 3.05) is 18.0 Å². The van der Waals surface area contributed by atoms with Crippen LogP contribution in [0.3, 0.4) is 0 Å². The normalized spacial score (nSPS) is 9.89. The Morgan fingerprint density at radius 1 is 1.61 bits per heavy atom. The molecular weight excluding hydrogens is 352 g/mol. The number of anilines is 1. The van der Waals surface area contributed by atoms with Gasteiger partial charge in [0.1, 0.15) is 11.5 Å². The van der Waals surface area contributed by atoms with Crippen LogP contribution in [-0.2, 0) is 0 Å². The first-order valence-corrected chi connectivity index (χ1v) is 6.34. The summed E-state index contributed by atoms with van der Waals surface area (Å²) in [6.07, 6.45) is 0.235. The van der Waals surface area contributed by atoms with Crippen molar-refractivity contribution in [3.8, 4) is 6.07 Å². The molecule has 1 aromatic rings. The van der Waals surface area contributed by atoms with Gasteiger partial charge in [0.2, 0.25) is 0 Å². The molecule has 0 aliphatic heterocycles. The summed E-state index contributed by atoms with van der Waals surface area (Å²) >= 11 is 1.71. The highest BCUT2D eigenvalue weighted by Crippen LogP contribution is 2.31. The third-order valence-corrected chi connectivity index (χ3v) is 3.26. The van der Waals surface area contributed by atoms with Gasteiger partial charge in [-0.2, -0.15) is 5.26 Å². The zero-order valence-corrected chi connectivity index (χ0v) is 11.8. The molecule has 0 atom stereocenters. The van der Waals surface area contributed by atoms with Crippen LogP contribution in [0, 0.1) is 30.8 Å². The number of halogens is 2. The molecule has 0 fully saturated rings. The standard InChI is InChI=1S/C11H11FIN3O2/c1-2-15(5-3-4-14)10-6-8(12)9(13)7-11(10)16(17)18/h6-7H,2-3,5H2,1H3. The largest absolute Gasteiger partial charge is 0.365 e. The van der Waals surface area contributed by atoms with Gasteiger partial charge >= 0.3 is 0 Å². The third kappa shape index (κ3) is 3.29. The summed E-state index contributed by atoms with van der Waals surface area (Å²) in [6, 6.07) is 4.33. The number of nitrogens with zero attached hydrogens (tertiary/aromatic N) is 3. The van der Waals surface area contributed by atoms with Crippen molar-refractivity contribution in [1.82, 2.24) is 0 Å². The number of nitriles is 1. The topological polar surface area (TPSA) is 70.2 Å². The maximum Gasteiger partial charge on any atom is 0.293 e. The fourth-order valence-electron chi connectivity index (χ4n) is 1.56. The van der Waals surface area contributed by atoms with Gasteiger partial charge in [0.05, 0.1) is 21.0 Å². The molecule has 1 aromatic carbocycles. The van der Waals surface area contributed by atoms with Crippen molar-refractivity contribution in [2.45, 2.75) is 13.3 Å². The van der Waals surface area contributed by atoms with E-state index < -0.39 is 10.7 Å². The van der Waals surface area contributed by atoms with Gasteiger partial charge in [-0.1, -0.05) is 0 Å². The Morgan fingerprint density at radius 3 is 2.78 bits per heavy atom. The Bertz CT molecular complexity index is 502. The average Bonchev–Trinajstić information content (AvgIpc) is 2.33. The van der Waals surface area contributed by atoms with Gasteiger partial charge in [0.25, 0.3) is 5.69 Å². The fourth-order valence-corrected chi connectivity index (χ4v) is 2.01. The van der Waals surface area contributed by atoms with E-state index in [0.717, 1.165) is 6.07 Å². The van der Waals surface area contributed by atoms with Crippen molar-refractivity contribution >= 4 is 34.0 Å². The summed E-state index contributed by atoms with van der Waals surface area (Å²) in [7, 11) is 0. The van der Waals surface area contributed by atoms with E-state index in [0.29, 0.717) is 13.1 Å².